The number of thioether (sulfide) groups is 1. The van der Waals surface area contributed by atoms with Crippen LogP contribution in [0.5, 0.6) is 5.75 Å². The van der Waals surface area contributed by atoms with Gasteiger partial charge >= 0.3 is 0 Å². The molecule has 0 bridgehead atoms. The minimum Gasteiger partial charge on any atom is -0.497 e. The van der Waals surface area contributed by atoms with Gasteiger partial charge in [0.2, 0.25) is 0 Å². The van der Waals surface area contributed by atoms with E-state index in [4.69, 9.17) is 4.74 Å². The summed E-state index contributed by atoms with van der Waals surface area (Å²) >= 11 is 1.79. The standard InChI is InChI=1S/C21H19NO2S/c1-24-19-7-5-6-17(14-19)21(23)22-18-12-10-16(11-13-18)15-25-20-8-3-2-4-9-20/h2-14H,15H2,1H3,(H,22,23). The zero-order valence-electron chi connectivity index (χ0n) is 13.9. The monoisotopic (exact) mass is 349 g/mol. The normalized spacial score (nSPS) is 10.3. The summed E-state index contributed by atoms with van der Waals surface area (Å²) in [6.45, 7) is 0. The number of benzene rings is 3. The van der Waals surface area contributed by atoms with Crippen LogP contribution in [0, 0.1) is 0 Å². The average Bonchev–Trinajstić information content (AvgIpc) is 2.68. The molecule has 3 nitrogen and oxygen atoms in total. The van der Waals surface area contributed by atoms with Crippen molar-refractivity contribution in [1.82, 2.24) is 0 Å². The number of carbonyl (C=O) groups is 1. The Morgan fingerprint density at radius 3 is 2.44 bits per heavy atom. The largest absolute Gasteiger partial charge is 0.497 e. The molecule has 1 N–H and O–H groups in total. The van der Waals surface area contributed by atoms with Crippen LogP contribution in [0.2, 0.25) is 0 Å². The van der Waals surface area contributed by atoms with Gasteiger partial charge in [-0.1, -0.05) is 36.4 Å². The van der Waals surface area contributed by atoms with Crippen LogP contribution in [-0.2, 0) is 5.75 Å². The zero-order chi connectivity index (χ0) is 17.5. The van der Waals surface area contributed by atoms with E-state index in [1.165, 1.54) is 10.5 Å². The second-order valence-electron chi connectivity index (χ2n) is 5.48. The molecule has 126 valence electrons. The van der Waals surface area contributed by atoms with E-state index < -0.39 is 0 Å². The molecule has 0 saturated carbocycles. The third-order valence-corrected chi connectivity index (χ3v) is 4.78. The molecule has 0 aromatic heterocycles. The Balaban J connectivity index is 1.59. The smallest absolute Gasteiger partial charge is 0.255 e. The third kappa shape index (κ3) is 4.88. The first-order valence-electron chi connectivity index (χ1n) is 7.97. The molecule has 0 aliphatic rings. The first-order chi connectivity index (χ1) is 12.2. The minimum absolute atomic E-state index is 0.148. The van der Waals surface area contributed by atoms with Crippen molar-refractivity contribution >= 4 is 23.4 Å². The summed E-state index contributed by atoms with van der Waals surface area (Å²) in [5.41, 5.74) is 2.57. The lowest BCUT2D eigenvalue weighted by Gasteiger charge is -2.08. The van der Waals surface area contributed by atoms with Gasteiger partial charge < -0.3 is 10.1 Å². The molecule has 0 unspecified atom stereocenters. The van der Waals surface area contributed by atoms with E-state index in [-0.39, 0.29) is 5.91 Å². The molecule has 0 radical (unpaired) electrons. The van der Waals surface area contributed by atoms with Crippen LogP contribution >= 0.6 is 11.8 Å². The fourth-order valence-corrected chi connectivity index (χ4v) is 3.21. The van der Waals surface area contributed by atoms with Crippen molar-refractivity contribution in [3.8, 4) is 5.75 Å². The lowest BCUT2D eigenvalue weighted by Crippen LogP contribution is -2.11. The number of nitrogens with one attached hydrogen (secondary N) is 1. The number of ether oxygens (including phenoxy) is 1. The highest BCUT2D eigenvalue weighted by Crippen LogP contribution is 2.23. The molecule has 0 atom stereocenters. The maximum Gasteiger partial charge on any atom is 0.255 e. The van der Waals surface area contributed by atoms with Gasteiger partial charge in [0.05, 0.1) is 7.11 Å². The Kier molecular flexibility index (Phi) is 5.75. The van der Waals surface area contributed by atoms with Crippen molar-refractivity contribution in [2.24, 2.45) is 0 Å². The van der Waals surface area contributed by atoms with Gasteiger partial charge in [0.15, 0.2) is 0 Å². The molecule has 0 heterocycles. The number of carbonyl (C=O) groups excluding carboxylic acids is 1. The van der Waals surface area contributed by atoms with Crippen molar-refractivity contribution in [3.63, 3.8) is 0 Å². The number of methoxy groups -OCH3 is 1. The third-order valence-electron chi connectivity index (χ3n) is 3.69. The van der Waals surface area contributed by atoms with E-state index in [0.717, 1.165) is 11.4 Å². The first kappa shape index (κ1) is 17.1. The Morgan fingerprint density at radius 1 is 0.960 bits per heavy atom. The van der Waals surface area contributed by atoms with Crippen LogP contribution in [0.1, 0.15) is 15.9 Å². The second kappa shape index (κ2) is 8.40. The molecule has 1 amide bonds. The Morgan fingerprint density at radius 2 is 1.72 bits per heavy atom. The van der Waals surface area contributed by atoms with Crippen molar-refractivity contribution in [3.05, 3.63) is 90.0 Å². The molecular weight excluding hydrogens is 330 g/mol. The topological polar surface area (TPSA) is 38.3 Å². The summed E-state index contributed by atoms with van der Waals surface area (Å²) in [5, 5.41) is 2.91. The van der Waals surface area contributed by atoms with E-state index in [9.17, 15) is 4.79 Å². The van der Waals surface area contributed by atoms with Crippen LogP contribution in [0.15, 0.2) is 83.8 Å². The Bertz CT molecular complexity index is 832. The SMILES string of the molecule is COc1cccc(C(=O)Nc2ccc(CSc3ccccc3)cc2)c1. The van der Waals surface area contributed by atoms with Gasteiger partial charge in [-0.2, -0.15) is 0 Å². The molecule has 0 aliphatic carbocycles. The molecule has 4 heteroatoms. The summed E-state index contributed by atoms with van der Waals surface area (Å²) < 4.78 is 5.15. The van der Waals surface area contributed by atoms with E-state index in [0.29, 0.717) is 11.3 Å². The average molecular weight is 349 g/mol. The van der Waals surface area contributed by atoms with E-state index in [1.807, 2.05) is 48.5 Å². The lowest BCUT2D eigenvalue weighted by atomic mass is 10.2. The van der Waals surface area contributed by atoms with Crippen LogP contribution in [-0.4, -0.2) is 13.0 Å². The molecule has 0 spiro atoms. The van der Waals surface area contributed by atoms with Gasteiger partial charge in [-0.15, -0.1) is 11.8 Å². The van der Waals surface area contributed by atoms with Crippen molar-refractivity contribution in [2.45, 2.75) is 10.6 Å². The summed E-state index contributed by atoms with van der Waals surface area (Å²) in [5.74, 6) is 1.42. The first-order valence-corrected chi connectivity index (χ1v) is 8.95. The van der Waals surface area contributed by atoms with Gasteiger partial charge in [0.1, 0.15) is 5.75 Å². The summed E-state index contributed by atoms with van der Waals surface area (Å²) in [4.78, 5) is 13.6. The van der Waals surface area contributed by atoms with Crippen molar-refractivity contribution in [2.75, 3.05) is 12.4 Å². The van der Waals surface area contributed by atoms with Crippen LogP contribution in [0.3, 0.4) is 0 Å². The highest BCUT2D eigenvalue weighted by Gasteiger charge is 2.07. The summed E-state index contributed by atoms with van der Waals surface area (Å²) in [7, 11) is 1.59. The number of amides is 1. The lowest BCUT2D eigenvalue weighted by molar-refractivity contribution is 0.102. The van der Waals surface area contributed by atoms with Crippen molar-refractivity contribution in [1.29, 1.82) is 0 Å². The number of hydrogen-bond acceptors (Lipinski definition) is 3. The number of rotatable bonds is 6. The van der Waals surface area contributed by atoms with E-state index in [2.05, 4.69) is 17.4 Å². The fraction of sp³-hybridized carbons (Fsp3) is 0.0952. The molecule has 0 aliphatic heterocycles. The van der Waals surface area contributed by atoms with Crippen LogP contribution in [0.4, 0.5) is 5.69 Å². The quantitative estimate of drug-likeness (QED) is 0.619. The van der Waals surface area contributed by atoms with Gasteiger partial charge in [-0.25, -0.2) is 0 Å². The van der Waals surface area contributed by atoms with Crippen LogP contribution < -0.4 is 10.1 Å². The number of anilines is 1. The molecule has 3 aromatic carbocycles. The maximum absolute atomic E-state index is 12.3. The highest BCUT2D eigenvalue weighted by molar-refractivity contribution is 7.98. The maximum atomic E-state index is 12.3. The van der Waals surface area contributed by atoms with E-state index in [1.54, 1.807) is 37.1 Å². The molecule has 0 saturated heterocycles. The molecule has 0 fully saturated rings. The second-order valence-corrected chi connectivity index (χ2v) is 6.53. The molecule has 3 aromatic rings. The molecular formula is C21H19NO2S. The van der Waals surface area contributed by atoms with E-state index >= 15 is 0 Å². The summed E-state index contributed by atoms with van der Waals surface area (Å²) in [6, 6.07) is 25.4. The predicted molar refractivity (Wildman–Crippen MR) is 103 cm³/mol. The molecule has 3 rings (SSSR count). The number of hydrogen-bond donors (Lipinski definition) is 1. The van der Waals surface area contributed by atoms with Crippen LogP contribution in [0.25, 0.3) is 0 Å². The molecule has 25 heavy (non-hydrogen) atoms. The van der Waals surface area contributed by atoms with Crippen molar-refractivity contribution < 1.29 is 9.53 Å². The van der Waals surface area contributed by atoms with Gasteiger partial charge in [-0.3, -0.25) is 4.79 Å². The summed E-state index contributed by atoms with van der Waals surface area (Å²) in [6.07, 6.45) is 0. The van der Waals surface area contributed by atoms with Gasteiger partial charge in [-0.05, 0) is 48.0 Å². The fourth-order valence-electron chi connectivity index (χ4n) is 2.34. The van der Waals surface area contributed by atoms with Gasteiger partial charge in [0, 0.05) is 21.9 Å². The predicted octanol–water partition coefficient (Wildman–Crippen LogP) is 5.24. The van der Waals surface area contributed by atoms with Gasteiger partial charge in [0.25, 0.3) is 5.91 Å². The highest BCUT2D eigenvalue weighted by atomic mass is 32.2. The Hall–Kier alpha value is -2.72. The minimum atomic E-state index is -0.148. The zero-order valence-corrected chi connectivity index (χ0v) is 14.8. The Labute approximate surface area is 152 Å².